The average molecular weight is 268 g/mol. The molecule has 2 saturated carbocycles. The predicted molar refractivity (Wildman–Crippen MR) is 77.3 cm³/mol. The Morgan fingerprint density at radius 3 is 2.22 bits per heavy atom. The molecule has 0 aliphatic heterocycles. The molecule has 2 aliphatic rings. The van der Waals surface area contributed by atoms with E-state index in [0.717, 1.165) is 32.2 Å². The largest absolute Gasteiger partial charge is 0.392 e. The van der Waals surface area contributed by atoms with Crippen LogP contribution in [0.4, 0.5) is 0 Å². The van der Waals surface area contributed by atoms with Gasteiger partial charge in [0.2, 0.25) is 5.91 Å². The summed E-state index contributed by atoms with van der Waals surface area (Å²) in [5, 5.41) is 3.13. The summed E-state index contributed by atoms with van der Waals surface area (Å²) in [6.45, 7) is 3.02. The Morgan fingerprint density at radius 2 is 1.83 bits per heavy atom. The lowest BCUT2D eigenvalue weighted by Gasteiger charge is -2.40. The zero-order valence-electron chi connectivity index (χ0n) is 11.3. The zero-order chi connectivity index (χ0) is 13.2. The van der Waals surface area contributed by atoms with Crippen molar-refractivity contribution >= 4 is 23.1 Å². The molecule has 0 aromatic heterocycles. The summed E-state index contributed by atoms with van der Waals surface area (Å²) in [5.41, 5.74) is 5.56. The summed E-state index contributed by atoms with van der Waals surface area (Å²) < 4.78 is 0. The molecule has 1 amide bonds. The summed E-state index contributed by atoms with van der Waals surface area (Å²) in [4.78, 5) is 12.7. The number of nitrogens with one attached hydrogen (secondary N) is 1. The van der Waals surface area contributed by atoms with Crippen LogP contribution in [0.15, 0.2) is 0 Å². The van der Waals surface area contributed by atoms with Crippen LogP contribution in [0.2, 0.25) is 0 Å². The van der Waals surface area contributed by atoms with E-state index in [9.17, 15) is 4.79 Å². The molecule has 2 rings (SSSR count). The molecule has 3 N–H and O–H groups in total. The molecule has 3 nitrogen and oxygen atoms in total. The van der Waals surface area contributed by atoms with Crippen LogP contribution in [0.3, 0.4) is 0 Å². The van der Waals surface area contributed by atoms with Crippen molar-refractivity contribution in [3.63, 3.8) is 0 Å². The van der Waals surface area contributed by atoms with Crippen molar-refractivity contribution in [3.8, 4) is 0 Å². The molecular weight excluding hydrogens is 244 g/mol. The Labute approximate surface area is 115 Å². The second-order valence-electron chi connectivity index (χ2n) is 6.04. The third kappa shape index (κ3) is 2.27. The number of nitrogens with two attached hydrogens (primary N) is 1. The van der Waals surface area contributed by atoms with E-state index in [1.807, 2.05) is 0 Å². The second-order valence-corrected chi connectivity index (χ2v) is 6.48. The molecule has 0 spiro atoms. The number of amides is 1. The molecule has 0 bridgehead atoms. The van der Waals surface area contributed by atoms with Gasteiger partial charge in [0.05, 0.1) is 10.4 Å². The Balaban J connectivity index is 1.93. The monoisotopic (exact) mass is 268 g/mol. The van der Waals surface area contributed by atoms with E-state index in [0.29, 0.717) is 10.4 Å². The Kier molecular flexibility index (Phi) is 3.95. The number of rotatable bonds is 5. The maximum absolute atomic E-state index is 12.3. The highest BCUT2D eigenvalue weighted by molar-refractivity contribution is 7.80. The van der Waals surface area contributed by atoms with Gasteiger partial charge in [0.15, 0.2) is 0 Å². The Hall–Kier alpha value is -0.640. The highest BCUT2D eigenvalue weighted by Gasteiger charge is 2.47. The highest BCUT2D eigenvalue weighted by Crippen LogP contribution is 2.43. The predicted octanol–water partition coefficient (Wildman–Crippen LogP) is 2.53. The fraction of sp³-hybridized carbons (Fsp3) is 0.857. The lowest BCUT2D eigenvalue weighted by molar-refractivity contribution is -0.131. The first-order valence-corrected chi connectivity index (χ1v) is 7.54. The van der Waals surface area contributed by atoms with Crippen LogP contribution in [0, 0.1) is 10.8 Å². The fourth-order valence-electron chi connectivity index (χ4n) is 3.33. The summed E-state index contributed by atoms with van der Waals surface area (Å²) in [5.74, 6) is 0.0703. The normalized spacial score (nSPS) is 24.3. The number of carbonyl (C=O) groups is 1. The molecule has 0 atom stereocenters. The molecular formula is C14H24N2OS. The van der Waals surface area contributed by atoms with Gasteiger partial charge in [0.25, 0.3) is 0 Å². The summed E-state index contributed by atoms with van der Waals surface area (Å²) >= 11 is 5.08. The van der Waals surface area contributed by atoms with E-state index in [2.05, 4.69) is 12.2 Å². The minimum absolute atomic E-state index is 0.0703. The molecule has 0 aromatic carbocycles. The van der Waals surface area contributed by atoms with Gasteiger partial charge in [-0.3, -0.25) is 4.79 Å². The van der Waals surface area contributed by atoms with Crippen molar-refractivity contribution in [1.82, 2.24) is 5.32 Å². The minimum Gasteiger partial charge on any atom is -0.392 e. The van der Waals surface area contributed by atoms with Gasteiger partial charge in [-0.2, -0.15) is 0 Å². The van der Waals surface area contributed by atoms with Crippen LogP contribution >= 0.6 is 12.2 Å². The van der Waals surface area contributed by atoms with Crippen LogP contribution < -0.4 is 11.1 Å². The van der Waals surface area contributed by atoms with Crippen LogP contribution in [-0.2, 0) is 4.79 Å². The number of carbonyl (C=O) groups excluding carboxylic acids is 1. The molecule has 0 saturated heterocycles. The molecule has 2 aliphatic carbocycles. The minimum atomic E-state index is -0.525. The second kappa shape index (κ2) is 5.16. The first kappa shape index (κ1) is 13.8. The van der Waals surface area contributed by atoms with Gasteiger partial charge in [-0.15, -0.1) is 0 Å². The Bertz CT molecular complexity index is 344. The van der Waals surface area contributed by atoms with Crippen LogP contribution in [0.1, 0.15) is 58.3 Å². The zero-order valence-corrected chi connectivity index (χ0v) is 12.1. The maximum Gasteiger partial charge on any atom is 0.233 e. The number of hydrogen-bond donors (Lipinski definition) is 2. The van der Waals surface area contributed by atoms with E-state index < -0.39 is 5.41 Å². The van der Waals surface area contributed by atoms with Gasteiger partial charge >= 0.3 is 0 Å². The van der Waals surface area contributed by atoms with E-state index in [1.54, 1.807) is 0 Å². The van der Waals surface area contributed by atoms with Gasteiger partial charge < -0.3 is 11.1 Å². The molecule has 2 fully saturated rings. The molecule has 102 valence electrons. The average Bonchev–Trinajstić information content (AvgIpc) is 2.73. The van der Waals surface area contributed by atoms with Crippen molar-refractivity contribution in [3.05, 3.63) is 0 Å². The first-order valence-electron chi connectivity index (χ1n) is 7.13. The standard InChI is InChI=1S/C14H24N2OS/c1-2-13(6-3-4-7-13)10-16-12(17)14(11(15)18)8-5-9-14/h2-10H2,1H3,(H2,15,18)(H,16,17). The number of thiocarbonyl (C=S) groups is 1. The van der Waals surface area contributed by atoms with Crippen molar-refractivity contribution in [1.29, 1.82) is 0 Å². The van der Waals surface area contributed by atoms with E-state index in [-0.39, 0.29) is 5.91 Å². The molecule has 0 radical (unpaired) electrons. The summed E-state index contributed by atoms with van der Waals surface area (Å²) in [7, 11) is 0. The van der Waals surface area contributed by atoms with Gasteiger partial charge in [-0.05, 0) is 37.5 Å². The smallest absolute Gasteiger partial charge is 0.233 e. The quantitative estimate of drug-likeness (QED) is 0.753. The lowest BCUT2D eigenvalue weighted by Crippen LogP contribution is -2.54. The molecule has 0 heterocycles. The Morgan fingerprint density at radius 1 is 1.22 bits per heavy atom. The molecule has 0 unspecified atom stereocenters. The van der Waals surface area contributed by atoms with Gasteiger partial charge in [-0.25, -0.2) is 0 Å². The van der Waals surface area contributed by atoms with E-state index in [4.69, 9.17) is 18.0 Å². The van der Waals surface area contributed by atoms with Gasteiger partial charge in [0, 0.05) is 6.54 Å². The lowest BCUT2D eigenvalue weighted by atomic mass is 9.68. The fourth-order valence-corrected chi connectivity index (χ4v) is 3.63. The highest BCUT2D eigenvalue weighted by atomic mass is 32.1. The number of hydrogen-bond acceptors (Lipinski definition) is 2. The summed E-state index contributed by atoms with van der Waals surface area (Å²) in [6, 6.07) is 0. The van der Waals surface area contributed by atoms with E-state index in [1.165, 1.54) is 25.7 Å². The van der Waals surface area contributed by atoms with E-state index >= 15 is 0 Å². The first-order chi connectivity index (χ1) is 8.55. The maximum atomic E-state index is 12.3. The van der Waals surface area contributed by atoms with Gasteiger partial charge in [-0.1, -0.05) is 38.4 Å². The third-order valence-corrected chi connectivity index (χ3v) is 5.54. The van der Waals surface area contributed by atoms with Gasteiger partial charge in [0.1, 0.15) is 0 Å². The molecule has 0 aromatic rings. The van der Waals surface area contributed by atoms with Crippen LogP contribution in [0.25, 0.3) is 0 Å². The van der Waals surface area contributed by atoms with Crippen molar-refractivity contribution in [2.24, 2.45) is 16.6 Å². The van der Waals surface area contributed by atoms with Crippen LogP contribution in [-0.4, -0.2) is 17.4 Å². The molecule has 18 heavy (non-hydrogen) atoms. The van der Waals surface area contributed by atoms with Crippen LogP contribution in [0.5, 0.6) is 0 Å². The van der Waals surface area contributed by atoms with Crippen molar-refractivity contribution < 1.29 is 4.79 Å². The third-order valence-electron chi connectivity index (χ3n) is 5.15. The topological polar surface area (TPSA) is 55.1 Å². The van der Waals surface area contributed by atoms with Crippen molar-refractivity contribution in [2.75, 3.05) is 6.54 Å². The van der Waals surface area contributed by atoms with Crippen molar-refractivity contribution in [2.45, 2.75) is 58.3 Å². The SMILES string of the molecule is CCC1(CNC(=O)C2(C(N)=S)CCC2)CCCC1. The summed E-state index contributed by atoms with van der Waals surface area (Å²) in [6.07, 6.45) is 8.93. The molecule has 4 heteroatoms.